The van der Waals surface area contributed by atoms with Gasteiger partial charge in [0.15, 0.2) is 0 Å². The SMILES string of the molecule is COC(=O)C[C@@H]1SC2=C(C(=O)Nc3ccc(C)cc3)[C@@H](c3ccc(OC)cc3OC)C(C#N)=C(N)N2C1=O. The summed E-state index contributed by atoms with van der Waals surface area (Å²) in [5.74, 6) is -1.82. The molecule has 196 valence electrons. The highest BCUT2D eigenvalue weighted by Gasteiger charge is 2.49. The Morgan fingerprint density at radius 1 is 1.13 bits per heavy atom. The fraction of sp³-hybridized carbons (Fsp3) is 0.259. The second-order valence-electron chi connectivity index (χ2n) is 8.55. The smallest absolute Gasteiger partial charge is 0.307 e. The number of anilines is 1. The number of rotatable bonds is 7. The van der Waals surface area contributed by atoms with Crippen molar-refractivity contribution in [1.29, 1.82) is 5.26 Å². The van der Waals surface area contributed by atoms with Gasteiger partial charge in [0.1, 0.15) is 22.6 Å². The van der Waals surface area contributed by atoms with Gasteiger partial charge in [-0.15, -0.1) is 0 Å². The molecule has 4 rings (SSSR count). The molecule has 2 aliphatic heterocycles. The Morgan fingerprint density at radius 2 is 1.84 bits per heavy atom. The molecule has 0 aliphatic carbocycles. The van der Waals surface area contributed by atoms with Crippen LogP contribution in [-0.2, 0) is 19.1 Å². The summed E-state index contributed by atoms with van der Waals surface area (Å²) in [6.45, 7) is 1.93. The number of nitrogens with two attached hydrogens (primary N) is 1. The highest BCUT2D eigenvalue weighted by molar-refractivity contribution is 8.04. The quantitative estimate of drug-likeness (QED) is 0.512. The van der Waals surface area contributed by atoms with E-state index < -0.39 is 29.0 Å². The van der Waals surface area contributed by atoms with E-state index in [1.54, 1.807) is 30.3 Å². The highest BCUT2D eigenvalue weighted by Crippen LogP contribution is 2.51. The molecule has 3 N–H and O–H groups in total. The minimum absolute atomic E-state index is 0.000981. The van der Waals surface area contributed by atoms with Gasteiger partial charge in [-0.25, -0.2) is 0 Å². The predicted octanol–water partition coefficient (Wildman–Crippen LogP) is 3.16. The number of fused-ring (bicyclic) bond motifs is 1. The van der Waals surface area contributed by atoms with Crippen molar-refractivity contribution < 1.29 is 28.6 Å². The Morgan fingerprint density at radius 3 is 2.45 bits per heavy atom. The van der Waals surface area contributed by atoms with Gasteiger partial charge in [-0.1, -0.05) is 35.5 Å². The number of allylic oxidation sites excluding steroid dienone is 1. The number of nitrogens with zero attached hydrogens (tertiary/aromatic N) is 2. The van der Waals surface area contributed by atoms with Crippen LogP contribution in [-0.4, -0.2) is 49.3 Å². The van der Waals surface area contributed by atoms with Crippen LogP contribution in [0.25, 0.3) is 0 Å². The molecule has 0 radical (unpaired) electrons. The summed E-state index contributed by atoms with van der Waals surface area (Å²) in [4.78, 5) is 40.4. The normalized spacial score (nSPS) is 18.6. The van der Waals surface area contributed by atoms with E-state index in [2.05, 4.69) is 11.4 Å². The Bertz CT molecular complexity index is 1410. The zero-order valence-electron chi connectivity index (χ0n) is 21.2. The van der Waals surface area contributed by atoms with E-state index in [0.717, 1.165) is 22.2 Å². The van der Waals surface area contributed by atoms with Gasteiger partial charge >= 0.3 is 5.97 Å². The molecule has 0 unspecified atom stereocenters. The first kappa shape index (κ1) is 26.6. The predicted molar refractivity (Wildman–Crippen MR) is 141 cm³/mol. The van der Waals surface area contributed by atoms with Crippen LogP contribution in [0.2, 0.25) is 0 Å². The van der Waals surface area contributed by atoms with Gasteiger partial charge in [-0.3, -0.25) is 19.3 Å². The third kappa shape index (κ3) is 4.78. The first-order chi connectivity index (χ1) is 18.2. The summed E-state index contributed by atoms with van der Waals surface area (Å²) in [7, 11) is 4.20. The molecule has 0 saturated carbocycles. The fourth-order valence-electron chi connectivity index (χ4n) is 4.35. The summed E-state index contributed by atoms with van der Waals surface area (Å²) in [6, 6.07) is 14.3. The summed E-state index contributed by atoms with van der Waals surface area (Å²) < 4.78 is 15.6. The number of nitrogens with one attached hydrogen (secondary N) is 1. The number of hydrogen-bond donors (Lipinski definition) is 2. The average Bonchev–Trinajstić information content (AvgIpc) is 3.24. The summed E-state index contributed by atoms with van der Waals surface area (Å²) in [6.07, 6.45) is -0.224. The van der Waals surface area contributed by atoms with E-state index in [1.807, 2.05) is 19.1 Å². The summed E-state index contributed by atoms with van der Waals surface area (Å²) in [5.41, 5.74) is 8.56. The monoisotopic (exact) mass is 534 g/mol. The van der Waals surface area contributed by atoms with Crippen LogP contribution >= 0.6 is 11.8 Å². The van der Waals surface area contributed by atoms with Gasteiger partial charge in [-0.2, -0.15) is 5.26 Å². The second-order valence-corrected chi connectivity index (χ2v) is 9.74. The third-order valence-corrected chi connectivity index (χ3v) is 7.56. The molecule has 2 amide bonds. The number of amides is 2. The standard InChI is InChI=1S/C27H26N4O6S/c1-14-5-7-15(8-6-14)30-25(33)23-22(17-10-9-16(35-2)11-19(17)36-3)18(13-28)24(29)31-26(34)20(38-27(23)31)12-21(32)37-4/h5-11,20,22H,12,29H2,1-4H3,(H,30,33)/t20-,22-/m0/s1. The molecule has 1 saturated heterocycles. The van der Waals surface area contributed by atoms with E-state index in [0.29, 0.717) is 22.7 Å². The lowest BCUT2D eigenvalue weighted by atomic mass is 9.82. The molecule has 11 heteroatoms. The van der Waals surface area contributed by atoms with Gasteiger partial charge in [-0.05, 0) is 25.1 Å². The Labute approximate surface area is 224 Å². The first-order valence-corrected chi connectivity index (χ1v) is 12.4. The summed E-state index contributed by atoms with van der Waals surface area (Å²) >= 11 is 1.04. The van der Waals surface area contributed by atoms with Crippen molar-refractivity contribution in [3.8, 4) is 17.6 Å². The molecule has 1 fully saturated rings. The van der Waals surface area contributed by atoms with Crippen LogP contribution in [0.4, 0.5) is 5.69 Å². The molecule has 2 atom stereocenters. The van der Waals surface area contributed by atoms with Gasteiger partial charge in [0.05, 0.1) is 55.9 Å². The summed E-state index contributed by atoms with van der Waals surface area (Å²) in [5, 5.41) is 12.4. The van der Waals surface area contributed by atoms with Crippen molar-refractivity contribution >= 4 is 35.2 Å². The molecule has 0 bridgehead atoms. The van der Waals surface area contributed by atoms with Crippen LogP contribution < -0.4 is 20.5 Å². The van der Waals surface area contributed by atoms with Crippen LogP contribution in [0.3, 0.4) is 0 Å². The lowest BCUT2D eigenvalue weighted by Crippen LogP contribution is -2.39. The third-order valence-electron chi connectivity index (χ3n) is 6.28. The van der Waals surface area contributed by atoms with Gasteiger partial charge in [0, 0.05) is 17.3 Å². The van der Waals surface area contributed by atoms with Crippen molar-refractivity contribution in [2.45, 2.75) is 24.5 Å². The maximum Gasteiger partial charge on any atom is 0.307 e. The van der Waals surface area contributed by atoms with Crippen LogP contribution in [0, 0.1) is 18.3 Å². The van der Waals surface area contributed by atoms with Crippen molar-refractivity contribution in [1.82, 2.24) is 4.90 Å². The molecule has 2 aromatic carbocycles. The maximum atomic E-state index is 13.9. The molecule has 10 nitrogen and oxygen atoms in total. The number of hydrogen-bond acceptors (Lipinski definition) is 9. The zero-order chi connectivity index (χ0) is 27.6. The number of ether oxygens (including phenoxy) is 3. The van der Waals surface area contributed by atoms with Crippen LogP contribution in [0.5, 0.6) is 11.5 Å². The first-order valence-electron chi connectivity index (χ1n) is 11.5. The largest absolute Gasteiger partial charge is 0.497 e. The number of nitriles is 1. The fourth-order valence-corrected chi connectivity index (χ4v) is 5.67. The van der Waals surface area contributed by atoms with E-state index in [-0.39, 0.29) is 28.4 Å². The highest BCUT2D eigenvalue weighted by atomic mass is 32.2. The van der Waals surface area contributed by atoms with E-state index in [1.165, 1.54) is 21.3 Å². The number of carbonyl (C=O) groups is 3. The van der Waals surface area contributed by atoms with Crippen molar-refractivity contribution in [3.63, 3.8) is 0 Å². The lowest BCUT2D eigenvalue weighted by Gasteiger charge is -2.32. The van der Waals surface area contributed by atoms with Gasteiger partial charge in [0.2, 0.25) is 5.91 Å². The zero-order valence-corrected chi connectivity index (χ0v) is 22.0. The van der Waals surface area contributed by atoms with E-state index in [4.69, 9.17) is 19.9 Å². The molecule has 38 heavy (non-hydrogen) atoms. The Balaban J connectivity index is 1.92. The van der Waals surface area contributed by atoms with Crippen LogP contribution in [0.1, 0.15) is 23.5 Å². The van der Waals surface area contributed by atoms with Crippen molar-refractivity contribution in [3.05, 3.63) is 75.6 Å². The molecular weight excluding hydrogens is 508 g/mol. The Kier molecular flexibility index (Phi) is 7.64. The van der Waals surface area contributed by atoms with Crippen LogP contribution in [0.15, 0.2) is 64.5 Å². The van der Waals surface area contributed by atoms with Gasteiger partial charge < -0.3 is 25.3 Å². The molecular formula is C27H26N4O6S. The minimum atomic E-state index is -0.963. The van der Waals surface area contributed by atoms with E-state index >= 15 is 0 Å². The second kappa shape index (κ2) is 10.9. The van der Waals surface area contributed by atoms with Gasteiger partial charge in [0.25, 0.3) is 5.91 Å². The number of aryl methyl sites for hydroxylation is 1. The number of carbonyl (C=O) groups excluding carboxylic acids is 3. The topological polar surface area (TPSA) is 144 Å². The van der Waals surface area contributed by atoms with Crippen molar-refractivity contribution in [2.24, 2.45) is 5.73 Å². The molecule has 2 aliphatic rings. The number of esters is 1. The molecule has 0 aromatic heterocycles. The number of thioether (sulfide) groups is 1. The maximum absolute atomic E-state index is 13.9. The number of methoxy groups -OCH3 is 3. The molecule has 2 aromatic rings. The Hall–Kier alpha value is -4.43. The molecule has 0 spiro atoms. The lowest BCUT2D eigenvalue weighted by molar-refractivity contribution is -0.142. The van der Waals surface area contributed by atoms with E-state index in [9.17, 15) is 19.6 Å². The minimum Gasteiger partial charge on any atom is -0.497 e. The van der Waals surface area contributed by atoms with Crippen molar-refractivity contribution in [2.75, 3.05) is 26.6 Å². The molecule has 2 heterocycles. The average molecular weight is 535 g/mol. The number of benzene rings is 2.